The fraction of sp³-hybridized carbons (Fsp3) is 0.400. The second-order valence-corrected chi connectivity index (χ2v) is 6.28. The first kappa shape index (κ1) is 16.5. The van der Waals surface area contributed by atoms with E-state index in [1.165, 1.54) is 12.8 Å². The lowest BCUT2D eigenvalue weighted by molar-refractivity contribution is 0.388. The van der Waals surface area contributed by atoms with Crippen molar-refractivity contribution in [2.24, 2.45) is 9.98 Å². The summed E-state index contributed by atoms with van der Waals surface area (Å²) in [6.45, 7) is 4.09. The van der Waals surface area contributed by atoms with Gasteiger partial charge in [0, 0.05) is 12.4 Å². The average Bonchev–Trinajstić information content (AvgIpc) is 2.64. The van der Waals surface area contributed by atoms with Gasteiger partial charge in [-0.3, -0.25) is 20.0 Å². The molecule has 4 heteroatoms. The monoisotopic (exact) mass is 320 g/mol. The highest BCUT2D eigenvalue weighted by Gasteiger charge is 2.24. The summed E-state index contributed by atoms with van der Waals surface area (Å²) in [5, 5.41) is 0. The van der Waals surface area contributed by atoms with Crippen LogP contribution >= 0.6 is 0 Å². The van der Waals surface area contributed by atoms with Gasteiger partial charge in [-0.15, -0.1) is 0 Å². The molecule has 2 aromatic heterocycles. The molecule has 4 nitrogen and oxygen atoms in total. The lowest BCUT2D eigenvalue weighted by atomic mass is 9.90. The predicted molar refractivity (Wildman–Crippen MR) is 98.9 cm³/mol. The van der Waals surface area contributed by atoms with Crippen molar-refractivity contribution in [3.05, 3.63) is 60.2 Å². The molecule has 2 aromatic rings. The summed E-state index contributed by atoms with van der Waals surface area (Å²) < 4.78 is 0. The van der Waals surface area contributed by atoms with Crippen LogP contribution in [0, 0.1) is 0 Å². The Bertz CT molecular complexity index is 643. The smallest absolute Gasteiger partial charge is 0.0837 e. The van der Waals surface area contributed by atoms with Crippen molar-refractivity contribution >= 4 is 11.4 Å². The number of hydrogen-bond acceptors (Lipinski definition) is 4. The molecule has 0 amide bonds. The summed E-state index contributed by atoms with van der Waals surface area (Å²) in [6.07, 6.45) is 8.25. The topological polar surface area (TPSA) is 50.5 Å². The van der Waals surface area contributed by atoms with Gasteiger partial charge in [-0.2, -0.15) is 0 Å². The first-order valence-corrected chi connectivity index (χ1v) is 8.65. The molecule has 2 atom stereocenters. The molecule has 3 rings (SSSR count). The van der Waals surface area contributed by atoms with Gasteiger partial charge >= 0.3 is 0 Å². The van der Waals surface area contributed by atoms with E-state index in [4.69, 9.17) is 9.98 Å². The summed E-state index contributed by atoms with van der Waals surface area (Å²) in [5.41, 5.74) is 3.90. The fourth-order valence-electron chi connectivity index (χ4n) is 3.18. The normalized spacial score (nSPS) is 22.4. The lowest BCUT2D eigenvalue weighted by Gasteiger charge is -2.27. The highest BCUT2D eigenvalue weighted by Crippen LogP contribution is 2.25. The van der Waals surface area contributed by atoms with Crippen molar-refractivity contribution < 1.29 is 0 Å². The zero-order chi connectivity index (χ0) is 16.8. The molecular weight excluding hydrogens is 296 g/mol. The first-order chi connectivity index (χ1) is 11.7. The summed E-state index contributed by atoms with van der Waals surface area (Å²) in [5.74, 6) is 0. The molecule has 0 saturated heterocycles. The highest BCUT2D eigenvalue weighted by atomic mass is 14.9. The Kier molecular flexibility index (Phi) is 5.47. The molecule has 0 unspecified atom stereocenters. The molecule has 0 aliphatic heterocycles. The van der Waals surface area contributed by atoms with Crippen LogP contribution in [0.3, 0.4) is 0 Å². The number of rotatable bonds is 4. The molecule has 24 heavy (non-hydrogen) atoms. The van der Waals surface area contributed by atoms with E-state index in [9.17, 15) is 0 Å². The largest absolute Gasteiger partial charge is 0.282 e. The second-order valence-electron chi connectivity index (χ2n) is 6.28. The van der Waals surface area contributed by atoms with E-state index in [0.29, 0.717) is 0 Å². The van der Waals surface area contributed by atoms with E-state index in [0.717, 1.165) is 35.7 Å². The van der Waals surface area contributed by atoms with Crippen molar-refractivity contribution in [3.8, 4) is 0 Å². The van der Waals surface area contributed by atoms with Gasteiger partial charge in [0.15, 0.2) is 0 Å². The SMILES string of the molecule is CC(=N[C@@H]1CCCC[C@H]1N=C(C)c1ccccn1)c1ccccn1. The van der Waals surface area contributed by atoms with Crippen LogP contribution in [-0.2, 0) is 0 Å². The summed E-state index contributed by atoms with van der Waals surface area (Å²) in [6, 6.07) is 12.4. The van der Waals surface area contributed by atoms with Crippen molar-refractivity contribution in [2.45, 2.75) is 51.6 Å². The molecule has 124 valence electrons. The molecule has 1 fully saturated rings. The average molecular weight is 320 g/mol. The maximum absolute atomic E-state index is 4.96. The Morgan fingerprint density at radius 1 is 0.792 bits per heavy atom. The number of nitrogens with zero attached hydrogens (tertiary/aromatic N) is 4. The lowest BCUT2D eigenvalue weighted by Crippen LogP contribution is -2.29. The third-order valence-corrected chi connectivity index (χ3v) is 4.48. The molecule has 1 aliphatic rings. The van der Waals surface area contributed by atoms with Crippen molar-refractivity contribution in [3.63, 3.8) is 0 Å². The number of hydrogen-bond donors (Lipinski definition) is 0. The van der Waals surface area contributed by atoms with Crippen LogP contribution in [-0.4, -0.2) is 33.5 Å². The van der Waals surface area contributed by atoms with E-state index >= 15 is 0 Å². The van der Waals surface area contributed by atoms with Crippen LogP contribution in [0.2, 0.25) is 0 Å². The van der Waals surface area contributed by atoms with Gasteiger partial charge in [-0.1, -0.05) is 25.0 Å². The van der Waals surface area contributed by atoms with E-state index in [1.54, 1.807) is 0 Å². The molecule has 1 saturated carbocycles. The third kappa shape index (κ3) is 4.13. The predicted octanol–water partition coefficient (Wildman–Crippen LogP) is 4.11. The van der Waals surface area contributed by atoms with Gasteiger partial charge < -0.3 is 0 Å². The second kappa shape index (κ2) is 7.95. The Labute approximate surface area is 143 Å². The Morgan fingerprint density at radius 3 is 1.62 bits per heavy atom. The Morgan fingerprint density at radius 2 is 1.25 bits per heavy atom. The van der Waals surface area contributed by atoms with Crippen LogP contribution in [0.4, 0.5) is 0 Å². The highest BCUT2D eigenvalue weighted by molar-refractivity contribution is 5.97. The van der Waals surface area contributed by atoms with Crippen LogP contribution in [0.25, 0.3) is 0 Å². The van der Waals surface area contributed by atoms with E-state index in [2.05, 4.69) is 9.97 Å². The zero-order valence-electron chi connectivity index (χ0n) is 14.4. The van der Waals surface area contributed by atoms with Crippen molar-refractivity contribution in [2.75, 3.05) is 0 Å². The maximum atomic E-state index is 4.96. The van der Waals surface area contributed by atoms with Gasteiger partial charge in [0.1, 0.15) is 0 Å². The van der Waals surface area contributed by atoms with E-state index in [-0.39, 0.29) is 12.1 Å². The summed E-state index contributed by atoms with van der Waals surface area (Å²) >= 11 is 0. The summed E-state index contributed by atoms with van der Waals surface area (Å²) in [4.78, 5) is 18.7. The molecule has 0 radical (unpaired) electrons. The molecule has 0 N–H and O–H groups in total. The minimum absolute atomic E-state index is 0.236. The Hall–Kier alpha value is -2.36. The maximum Gasteiger partial charge on any atom is 0.0837 e. The van der Waals surface area contributed by atoms with E-state index in [1.807, 2.05) is 62.6 Å². The number of pyridine rings is 2. The quantitative estimate of drug-likeness (QED) is 0.796. The standard InChI is InChI=1S/C20H24N4/c1-15(17-9-5-7-13-21-17)23-19-11-3-4-12-20(19)24-16(2)18-10-6-8-14-22-18/h5-10,13-14,19-20H,3-4,11-12H2,1-2H3/t19-,20-/m1/s1. The Balaban J connectivity index is 1.81. The zero-order valence-corrected chi connectivity index (χ0v) is 14.4. The molecular formula is C20H24N4. The fourth-order valence-corrected chi connectivity index (χ4v) is 3.18. The van der Waals surface area contributed by atoms with Crippen LogP contribution in [0.5, 0.6) is 0 Å². The van der Waals surface area contributed by atoms with Gasteiger partial charge in [-0.25, -0.2) is 0 Å². The summed E-state index contributed by atoms with van der Waals surface area (Å²) in [7, 11) is 0. The minimum Gasteiger partial charge on any atom is -0.282 e. The van der Waals surface area contributed by atoms with Crippen molar-refractivity contribution in [1.29, 1.82) is 0 Å². The van der Waals surface area contributed by atoms with Crippen LogP contribution < -0.4 is 0 Å². The third-order valence-electron chi connectivity index (χ3n) is 4.48. The number of aliphatic imine (C=N–C) groups is 2. The van der Waals surface area contributed by atoms with Crippen LogP contribution in [0.15, 0.2) is 58.8 Å². The van der Waals surface area contributed by atoms with Gasteiger partial charge in [0.25, 0.3) is 0 Å². The molecule has 1 aliphatic carbocycles. The molecule has 0 bridgehead atoms. The van der Waals surface area contributed by atoms with Gasteiger partial charge in [0.2, 0.25) is 0 Å². The van der Waals surface area contributed by atoms with Crippen LogP contribution in [0.1, 0.15) is 50.9 Å². The van der Waals surface area contributed by atoms with Gasteiger partial charge in [0.05, 0.1) is 34.9 Å². The number of aromatic nitrogens is 2. The van der Waals surface area contributed by atoms with E-state index < -0.39 is 0 Å². The molecule has 0 spiro atoms. The first-order valence-electron chi connectivity index (χ1n) is 8.65. The minimum atomic E-state index is 0.236. The van der Waals surface area contributed by atoms with Crippen molar-refractivity contribution in [1.82, 2.24) is 9.97 Å². The van der Waals surface area contributed by atoms with Gasteiger partial charge in [-0.05, 0) is 51.0 Å². The molecule has 2 heterocycles. The molecule has 0 aromatic carbocycles.